The Morgan fingerprint density at radius 3 is 2.82 bits per heavy atom. The summed E-state index contributed by atoms with van der Waals surface area (Å²) in [5.41, 5.74) is 6.21. The third kappa shape index (κ3) is 3.95. The fourth-order valence-corrected chi connectivity index (χ4v) is 1.90. The topological polar surface area (TPSA) is 97.1 Å². The highest BCUT2D eigenvalue weighted by Gasteiger charge is 2.17. The van der Waals surface area contributed by atoms with Crippen LogP contribution in [0.4, 0.5) is 10.5 Å². The number of hydrogen-bond donors (Lipinski definition) is 3. The van der Waals surface area contributed by atoms with Gasteiger partial charge in [0.15, 0.2) is 0 Å². The molecule has 0 saturated carbocycles. The van der Waals surface area contributed by atoms with Gasteiger partial charge in [-0.15, -0.1) is 11.8 Å². The highest BCUT2D eigenvalue weighted by molar-refractivity contribution is 8.00. The summed E-state index contributed by atoms with van der Waals surface area (Å²) >= 11 is 1.27. The van der Waals surface area contributed by atoms with Crippen molar-refractivity contribution < 1.29 is 9.59 Å². The van der Waals surface area contributed by atoms with Crippen LogP contribution in [-0.2, 0) is 4.79 Å². The SMILES string of the molecule is CNC(=O)NC(=O)C(C)Sc1ccncc1N. The third-order valence-corrected chi connectivity index (χ3v) is 3.14. The highest BCUT2D eigenvalue weighted by atomic mass is 32.2. The first-order valence-corrected chi connectivity index (χ1v) is 5.81. The second kappa shape index (κ2) is 6.09. The Balaban J connectivity index is 2.60. The number of hydrogen-bond acceptors (Lipinski definition) is 5. The second-order valence-electron chi connectivity index (χ2n) is 3.24. The molecule has 0 aromatic carbocycles. The van der Waals surface area contributed by atoms with Crippen molar-refractivity contribution in [2.75, 3.05) is 12.8 Å². The summed E-state index contributed by atoms with van der Waals surface area (Å²) in [7, 11) is 1.45. The Morgan fingerprint density at radius 1 is 1.53 bits per heavy atom. The number of pyridine rings is 1. The molecule has 1 atom stereocenters. The van der Waals surface area contributed by atoms with Gasteiger partial charge >= 0.3 is 6.03 Å². The monoisotopic (exact) mass is 254 g/mol. The van der Waals surface area contributed by atoms with Crippen LogP contribution in [0, 0.1) is 0 Å². The fourth-order valence-electron chi connectivity index (χ4n) is 1.02. The minimum atomic E-state index is -0.523. The lowest BCUT2D eigenvalue weighted by atomic mass is 10.4. The number of amides is 3. The van der Waals surface area contributed by atoms with E-state index in [2.05, 4.69) is 15.6 Å². The second-order valence-corrected chi connectivity index (χ2v) is 4.62. The number of rotatable bonds is 3. The molecule has 1 unspecified atom stereocenters. The van der Waals surface area contributed by atoms with E-state index >= 15 is 0 Å². The van der Waals surface area contributed by atoms with Gasteiger partial charge in [0.1, 0.15) is 0 Å². The Hall–Kier alpha value is -1.76. The van der Waals surface area contributed by atoms with E-state index in [9.17, 15) is 9.59 Å². The summed E-state index contributed by atoms with van der Waals surface area (Å²) in [6.45, 7) is 1.70. The van der Waals surface area contributed by atoms with Crippen LogP contribution >= 0.6 is 11.8 Å². The van der Waals surface area contributed by atoms with Crippen molar-refractivity contribution in [2.24, 2.45) is 0 Å². The predicted molar refractivity (Wildman–Crippen MR) is 66.6 cm³/mol. The lowest BCUT2D eigenvalue weighted by molar-refractivity contribution is -0.119. The number of imide groups is 1. The molecular weight excluding hydrogens is 240 g/mol. The van der Waals surface area contributed by atoms with Gasteiger partial charge < -0.3 is 11.1 Å². The first-order valence-electron chi connectivity index (χ1n) is 4.93. The Kier molecular flexibility index (Phi) is 4.77. The molecule has 6 nitrogen and oxygen atoms in total. The number of thioether (sulfide) groups is 1. The van der Waals surface area contributed by atoms with Gasteiger partial charge in [-0.05, 0) is 13.0 Å². The predicted octanol–water partition coefficient (Wildman–Crippen LogP) is 0.600. The van der Waals surface area contributed by atoms with E-state index in [4.69, 9.17) is 5.73 Å². The summed E-state index contributed by atoms with van der Waals surface area (Å²) in [5.74, 6) is -0.370. The minimum Gasteiger partial charge on any atom is -0.397 e. The molecule has 0 fully saturated rings. The molecule has 0 spiro atoms. The van der Waals surface area contributed by atoms with Crippen molar-refractivity contribution in [1.29, 1.82) is 0 Å². The molecule has 1 rings (SSSR count). The zero-order valence-electron chi connectivity index (χ0n) is 9.56. The minimum absolute atomic E-state index is 0.370. The van der Waals surface area contributed by atoms with E-state index < -0.39 is 11.3 Å². The molecule has 1 heterocycles. The molecule has 1 aromatic rings. The Bertz CT molecular complexity index is 425. The van der Waals surface area contributed by atoms with Gasteiger partial charge in [-0.3, -0.25) is 15.1 Å². The maximum Gasteiger partial charge on any atom is 0.321 e. The van der Waals surface area contributed by atoms with E-state index in [0.717, 1.165) is 4.90 Å². The molecule has 0 bridgehead atoms. The van der Waals surface area contributed by atoms with Crippen LogP contribution in [0.2, 0.25) is 0 Å². The molecule has 0 saturated heterocycles. The molecule has 17 heavy (non-hydrogen) atoms. The van der Waals surface area contributed by atoms with Gasteiger partial charge in [0.25, 0.3) is 0 Å². The maximum atomic E-state index is 11.6. The van der Waals surface area contributed by atoms with Crippen LogP contribution in [-0.4, -0.2) is 29.2 Å². The molecule has 0 aliphatic heterocycles. The molecule has 1 aromatic heterocycles. The van der Waals surface area contributed by atoms with Crippen molar-refractivity contribution >= 4 is 29.4 Å². The van der Waals surface area contributed by atoms with Crippen LogP contribution in [0.5, 0.6) is 0 Å². The van der Waals surface area contributed by atoms with Crippen LogP contribution in [0.3, 0.4) is 0 Å². The lowest BCUT2D eigenvalue weighted by Crippen LogP contribution is -2.41. The average Bonchev–Trinajstić information content (AvgIpc) is 2.31. The van der Waals surface area contributed by atoms with E-state index in [1.807, 2.05) is 0 Å². The number of nitrogens with two attached hydrogens (primary N) is 1. The van der Waals surface area contributed by atoms with Crippen LogP contribution in [0.15, 0.2) is 23.4 Å². The van der Waals surface area contributed by atoms with Crippen LogP contribution < -0.4 is 16.4 Å². The number of carbonyl (C=O) groups is 2. The molecule has 92 valence electrons. The molecular formula is C10H14N4O2S. The first-order chi connectivity index (χ1) is 8.04. The number of nitrogen functional groups attached to an aromatic ring is 1. The van der Waals surface area contributed by atoms with Crippen LogP contribution in [0.1, 0.15) is 6.92 Å². The van der Waals surface area contributed by atoms with Gasteiger partial charge in [0.05, 0.1) is 17.1 Å². The van der Waals surface area contributed by atoms with Crippen molar-refractivity contribution in [2.45, 2.75) is 17.1 Å². The molecule has 0 aliphatic carbocycles. The summed E-state index contributed by atoms with van der Waals surface area (Å²) in [6.07, 6.45) is 3.12. The lowest BCUT2D eigenvalue weighted by Gasteiger charge is -2.11. The quantitative estimate of drug-likeness (QED) is 0.686. The van der Waals surface area contributed by atoms with Gasteiger partial charge in [-0.1, -0.05) is 0 Å². The third-order valence-electron chi connectivity index (χ3n) is 1.95. The number of aromatic nitrogens is 1. The van der Waals surface area contributed by atoms with Crippen molar-refractivity contribution in [3.63, 3.8) is 0 Å². The molecule has 0 aliphatic rings. The number of nitrogens with one attached hydrogen (secondary N) is 2. The van der Waals surface area contributed by atoms with Gasteiger partial charge in [0, 0.05) is 18.1 Å². The highest BCUT2D eigenvalue weighted by Crippen LogP contribution is 2.27. The zero-order valence-corrected chi connectivity index (χ0v) is 10.4. The normalized spacial score (nSPS) is 11.6. The summed E-state index contributed by atoms with van der Waals surface area (Å²) in [5, 5.41) is 4.09. The molecule has 4 N–H and O–H groups in total. The van der Waals surface area contributed by atoms with Gasteiger partial charge in [-0.2, -0.15) is 0 Å². The van der Waals surface area contributed by atoms with E-state index in [1.54, 1.807) is 19.2 Å². The number of carbonyl (C=O) groups excluding carboxylic acids is 2. The smallest absolute Gasteiger partial charge is 0.321 e. The van der Waals surface area contributed by atoms with E-state index in [-0.39, 0.29) is 5.91 Å². The Morgan fingerprint density at radius 2 is 2.24 bits per heavy atom. The van der Waals surface area contributed by atoms with Gasteiger partial charge in [0.2, 0.25) is 5.91 Å². The summed E-state index contributed by atoms with van der Waals surface area (Å²) in [6, 6.07) is 1.20. The molecule has 7 heteroatoms. The van der Waals surface area contributed by atoms with Crippen LogP contribution in [0.25, 0.3) is 0 Å². The van der Waals surface area contributed by atoms with Gasteiger partial charge in [-0.25, -0.2) is 4.79 Å². The number of anilines is 1. The average molecular weight is 254 g/mol. The fraction of sp³-hybridized carbons (Fsp3) is 0.300. The standard InChI is InChI=1S/C10H14N4O2S/c1-6(9(15)14-10(16)12-2)17-8-3-4-13-5-7(8)11/h3-6H,11H2,1-2H3,(H2,12,14,15,16). The maximum absolute atomic E-state index is 11.6. The molecule has 0 radical (unpaired) electrons. The molecule has 3 amide bonds. The van der Waals surface area contributed by atoms with Crippen molar-refractivity contribution in [3.05, 3.63) is 18.5 Å². The van der Waals surface area contributed by atoms with E-state index in [1.165, 1.54) is 25.0 Å². The Labute approximate surface area is 103 Å². The largest absolute Gasteiger partial charge is 0.397 e. The van der Waals surface area contributed by atoms with E-state index in [0.29, 0.717) is 5.69 Å². The van der Waals surface area contributed by atoms with Crippen molar-refractivity contribution in [3.8, 4) is 0 Å². The number of urea groups is 1. The summed E-state index contributed by atoms with van der Waals surface area (Å²) < 4.78 is 0. The number of nitrogens with zero attached hydrogens (tertiary/aromatic N) is 1. The van der Waals surface area contributed by atoms with Crippen molar-refractivity contribution in [1.82, 2.24) is 15.6 Å². The summed E-state index contributed by atoms with van der Waals surface area (Å²) in [4.78, 5) is 27.2. The zero-order chi connectivity index (χ0) is 12.8. The first kappa shape index (κ1) is 13.3.